The van der Waals surface area contributed by atoms with E-state index in [1.807, 2.05) is 0 Å². The molecule has 0 unspecified atom stereocenters. The van der Waals surface area contributed by atoms with Gasteiger partial charge >= 0.3 is 24.7 Å². The fraction of sp³-hybridized carbons (Fsp3) is 0.286. The highest BCUT2D eigenvalue weighted by molar-refractivity contribution is 7.99. The Hall–Kier alpha value is -5.67. The van der Waals surface area contributed by atoms with Gasteiger partial charge in [0.25, 0.3) is 0 Å². The molecule has 21 heteroatoms. The van der Waals surface area contributed by atoms with Crippen LogP contribution in [0.4, 0.5) is 52.7 Å². The van der Waals surface area contributed by atoms with Crippen LogP contribution in [0.3, 0.4) is 0 Å². The zero-order chi connectivity index (χ0) is 46.1. The smallest absolute Gasteiger partial charge is 0.418 e. The van der Waals surface area contributed by atoms with E-state index >= 15 is 52.7 Å². The van der Waals surface area contributed by atoms with Crippen molar-refractivity contribution in [1.82, 2.24) is 9.80 Å². The molecular formula is C42H32F12N2O6S. The second-order valence-corrected chi connectivity index (χ2v) is 14.9. The van der Waals surface area contributed by atoms with Crippen molar-refractivity contribution in [3.8, 4) is 33.8 Å². The van der Waals surface area contributed by atoms with E-state index in [0.717, 1.165) is 46.2 Å². The number of phenols is 2. The van der Waals surface area contributed by atoms with Crippen molar-refractivity contribution in [2.75, 3.05) is 52.6 Å². The Morgan fingerprint density at radius 3 is 1.13 bits per heavy atom. The summed E-state index contributed by atoms with van der Waals surface area (Å²) >= 11 is -0.733. The summed E-state index contributed by atoms with van der Waals surface area (Å²) in [5.74, 6) is -3.55. The van der Waals surface area contributed by atoms with E-state index in [0.29, 0.717) is 36.4 Å². The molecule has 0 spiro atoms. The van der Waals surface area contributed by atoms with Crippen molar-refractivity contribution in [3.63, 3.8) is 0 Å². The average Bonchev–Trinajstić information content (AvgIpc) is 3.21. The van der Waals surface area contributed by atoms with Crippen molar-refractivity contribution in [2.24, 2.45) is 0 Å². The standard InChI is InChI=1S/C42H32F12N2O6S/c43-39(44,45)35-25(9-11-33(59)55-13-17-61-18-14-55)27(23-5-1-3-7-29(23)57)21-31(37(35)41(49,50)51)63-32-22-28(24-6-2-4-8-30(24)58)26(10-12-34(60)56-15-19-62-20-16-56)36(40(46,47)48)38(32)42(52,53)54/h1-12,21-22,57-58H,13-20H2/b11-9+,12-10+. The fourth-order valence-corrected chi connectivity index (χ4v) is 8.29. The Morgan fingerprint density at radius 2 is 0.825 bits per heavy atom. The van der Waals surface area contributed by atoms with Gasteiger partial charge in [0.1, 0.15) is 11.5 Å². The molecule has 2 saturated heterocycles. The molecule has 0 bridgehead atoms. The van der Waals surface area contributed by atoms with Crippen LogP contribution >= 0.6 is 11.8 Å². The van der Waals surface area contributed by atoms with E-state index in [-0.39, 0.29) is 52.6 Å². The quantitative estimate of drug-likeness (QED) is 0.134. The number of carbonyl (C=O) groups excluding carboxylic acids is 2. The molecule has 6 rings (SSSR count). The Balaban J connectivity index is 1.71. The van der Waals surface area contributed by atoms with E-state index in [1.54, 1.807) is 0 Å². The summed E-state index contributed by atoms with van der Waals surface area (Å²) in [6.07, 6.45) is -22.3. The maximum Gasteiger partial charge on any atom is 0.418 e. The van der Waals surface area contributed by atoms with Gasteiger partial charge in [-0.1, -0.05) is 48.2 Å². The zero-order valence-electron chi connectivity index (χ0n) is 32.1. The molecule has 8 nitrogen and oxygen atoms in total. The molecule has 2 aliphatic rings. The lowest BCUT2D eigenvalue weighted by Gasteiger charge is -2.27. The number of morpholine rings is 2. The van der Waals surface area contributed by atoms with E-state index < -0.39 is 125 Å². The number of phenolic OH excluding ortho intramolecular Hbond substituents is 2. The van der Waals surface area contributed by atoms with Gasteiger partial charge in [-0.05, 0) is 58.7 Å². The predicted molar refractivity (Wildman–Crippen MR) is 204 cm³/mol. The van der Waals surface area contributed by atoms with Crippen LogP contribution < -0.4 is 0 Å². The number of alkyl halides is 12. The van der Waals surface area contributed by atoms with Crippen molar-refractivity contribution >= 4 is 35.7 Å². The Kier molecular flexibility index (Phi) is 13.5. The minimum Gasteiger partial charge on any atom is -0.507 e. The monoisotopic (exact) mass is 920 g/mol. The summed E-state index contributed by atoms with van der Waals surface area (Å²) in [5.41, 5.74) is -16.0. The number of hydrogen-bond acceptors (Lipinski definition) is 7. The largest absolute Gasteiger partial charge is 0.507 e. The number of rotatable bonds is 8. The van der Waals surface area contributed by atoms with Gasteiger partial charge in [-0.25, -0.2) is 0 Å². The number of benzene rings is 4. The molecule has 2 heterocycles. The average molecular weight is 921 g/mol. The molecule has 0 saturated carbocycles. The van der Waals surface area contributed by atoms with Gasteiger partial charge in [-0.2, -0.15) is 52.7 Å². The number of para-hydroxylation sites is 2. The first-order valence-corrected chi connectivity index (χ1v) is 19.3. The fourth-order valence-electron chi connectivity index (χ4n) is 7.06. The number of nitrogens with zero attached hydrogens (tertiary/aromatic N) is 2. The molecule has 0 atom stereocenters. The number of aromatic hydroxyl groups is 2. The van der Waals surface area contributed by atoms with Gasteiger partial charge in [0.2, 0.25) is 11.8 Å². The van der Waals surface area contributed by atoms with Crippen molar-refractivity contribution in [3.05, 3.63) is 106 Å². The highest BCUT2D eigenvalue weighted by Crippen LogP contribution is 2.56. The molecular weight excluding hydrogens is 889 g/mol. The van der Waals surface area contributed by atoms with Gasteiger partial charge in [0.05, 0.1) is 48.7 Å². The first-order chi connectivity index (χ1) is 29.5. The third-order valence-electron chi connectivity index (χ3n) is 9.84. The van der Waals surface area contributed by atoms with E-state index in [2.05, 4.69) is 0 Å². The normalized spacial score (nSPS) is 15.7. The highest BCUT2D eigenvalue weighted by atomic mass is 32.2. The van der Waals surface area contributed by atoms with E-state index in [4.69, 9.17) is 9.47 Å². The first kappa shape index (κ1) is 46.8. The Labute approximate surface area is 354 Å². The lowest BCUT2D eigenvalue weighted by atomic mass is 9.90. The minimum atomic E-state index is -6.09. The number of carbonyl (C=O) groups is 2. The van der Waals surface area contributed by atoms with Crippen LogP contribution in [0.1, 0.15) is 33.4 Å². The molecule has 0 aromatic heterocycles. The lowest BCUT2D eigenvalue weighted by molar-refractivity contribution is -0.164. The van der Waals surface area contributed by atoms with Crippen LogP contribution in [-0.4, -0.2) is 84.4 Å². The SMILES string of the molecule is O=C(/C=C/c1c(-c2ccccc2O)cc(Sc2cc(-c3ccccc3O)c(/C=C/C(=O)N3CCOCC3)c(C(F)(F)F)c2C(F)(F)F)c(C(F)(F)F)c1C(F)(F)F)N1CCOCC1. The molecule has 0 aliphatic carbocycles. The van der Waals surface area contributed by atoms with Crippen molar-refractivity contribution < 1.29 is 82.0 Å². The number of halogens is 12. The first-order valence-electron chi connectivity index (χ1n) is 18.5. The summed E-state index contributed by atoms with van der Waals surface area (Å²) in [4.78, 5) is 24.9. The molecule has 2 fully saturated rings. The molecule has 4 aromatic rings. The molecule has 4 aromatic carbocycles. The summed E-state index contributed by atoms with van der Waals surface area (Å²) in [6, 6.07) is 9.17. The maximum absolute atomic E-state index is 15.3. The third-order valence-corrected chi connectivity index (χ3v) is 10.9. The molecule has 2 N–H and O–H groups in total. The van der Waals surface area contributed by atoms with Crippen LogP contribution in [-0.2, 0) is 43.8 Å². The van der Waals surface area contributed by atoms with E-state index in [1.165, 1.54) is 12.1 Å². The van der Waals surface area contributed by atoms with Crippen LogP contribution in [0.25, 0.3) is 34.4 Å². The molecule has 2 amide bonds. The molecule has 63 heavy (non-hydrogen) atoms. The third kappa shape index (κ3) is 10.4. The van der Waals surface area contributed by atoms with Gasteiger partial charge in [0.15, 0.2) is 0 Å². The number of hydrogen-bond donors (Lipinski definition) is 2. The topological polar surface area (TPSA) is 99.5 Å². The van der Waals surface area contributed by atoms with Crippen molar-refractivity contribution in [2.45, 2.75) is 34.5 Å². The van der Waals surface area contributed by atoms with Crippen LogP contribution in [0.2, 0.25) is 0 Å². The van der Waals surface area contributed by atoms with Crippen LogP contribution in [0.5, 0.6) is 11.5 Å². The van der Waals surface area contributed by atoms with Gasteiger partial charge in [-0.3, -0.25) is 9.59 Å². The molecule has 336 valence electrons. The summed E-state index contributed by atoms with van der Waals surface area (Å²) in [6.45, 7) is 0.000120. The summed E-state index contributed by atoms with van der Waals surface area (Å²) in [5, 5.41) is 21.6. The second kappa shape index (κ2) is 18.2. The predicted octanol–water partition coefficient (Wildman–Crippen LogP) is 10.4. The van der Waals surface area contributed by atoms with Gasteiger partial charge in [0, 0.05) is 59.2 Å². The second-order valence-electron chi connectivity index (χ2n) is 13.8. The minimum absolute atomic E-state index is 0.0338. The summed E-state index contributed by atoms with van der Waals surface area (Å²) in [7, 11) is 0. The lowest BCUT2D eigenvalue weighted by Crippen LogP contribution is -2.39. The van der Waals surface area contributed by atoms with E-state index in [9.17, 15) is 19.8 Å². The highest BCUT2D eigenvalue weighted by Gasteiger charge is 2.50. The Bertz CT molecular complexity index is 2270. The van der Waals surface area contributed by atoms with Gasteiger partial charge in [-0.15, -0.1) is 0 Å². The maximum atomic E-state index is 15.3. The molecule has 2 aliphatic heterocycles. The molecule has 0 radical (unpaired) electrons. The zero-order valence-corrected chi connectivity index (χ0v) is 32.9. The van der Waals surface area contributed by atoms with Crippen molar-refractivity contribution in [1.29, 1.82) is 0 Å². The number of ether oxygens (including phenoxy) is 2. The van der Waals surface area contributed by atoms with Crippen LogP contribution in [0.15, 0.2) is 82.6 Å². The summed E-state index contributed by atoms with van der Waals surface area (Å²) < 4.78 is 193. The Morgan fingerprint density at radius 1 is 0.508 bits per heavy atom. The van der Waals surface area contributed by atoms with Crippen LogP contribution in [0, 0.1) is 0 Å². The van der Waals surface area contributed by atoms with Gasteiger partial charge < -0.3 is 29.5 Å². The number of amides is 2.